The van der Waals surface area contributed by atoms with Crippen molar-refractivity contribution in [2.45, 2.75) is 24.8 Å². The van der Waals surface area contributed by atoms with Gasteiger partial charge in [-0.25, -0.2) is 12.8 Å². The van der Waals surface area contributed by atoms with Crippen LogP contribution in [0.5, 0.6) is 5.75 Å². The highest BCUT2D eigenvalue weighted by Crippen LogP contribution is 2.25. The number of nitrogens with one attached hydrogen (secondary N) is 1. The number of anilines is 1. The molecule has 0 atom stereocenters. The number of hydrogen-bond acceptors (Lipinski definition) is 4. The van der Waals surface area contributed by atoms with E-state index in [1.54, 1.807) is 29.2 Å². The van der Waals surface area contributed by atoms with E-state index in [0.29, 0.717) is 30.9 Å². The lowest BCUT2D eigenvalue weighted by Crippen LogP contribution is -2.35. The van der Waals surface area contributed by atoms with Gasteiger partial charge in [0.2, 0.25) is 0 Å². The number of nitrogens with zero attached hydrogens (tertiary/aromatic N) is 1. The van der Waals surface area contributed by atoms with E-state index in [1.165, 1.54) is 17.7 Å². The minimum atomic E-state index is -3.85. The summed E-state index contributed by atoms with van der Waals surface area (Å²) >= 11 is 0. The van der Waals surface area contributed by atoms with Crippen molar-refractivity contribution in [3.8, 4) is 5.75 Å². The molecule has 1 aliphatic rings. The van der Waals surface area contributed by atoms with Gasteiger partial charge in [0.05, 0.1) is 11.5 Å². The number of benzene rings is 3. The van der Waals surface area contributed by atoms with Gasteiger partial charge in [-0.2, -0.15) is 0 Å². The lowest BCUT2D eigenvalue weighted by molar-refractivity contribution is 0.0734. The maximum Gasteiger partial charge on any atom is 0.261 e. The molecule has 1 heterocycles. The molecule has 0 fully saturated rings. The number of hydrogen-bond donors (Lipinski definition) is 1. The predicted octanol–water partition coefficient (Wildman–Crippen LogP) is 4.22. The maximum absolute atomic E-state index is 13.1. The second-order valence-corrected chi connectivity index (χ2v) is 9.16. The molecule has 1 N–H and O–H groups in total. The summed E-state index contributed by atoms with van der Waals surface area (Å²) in [5.41, 5.74) is 3.07. The predicted molar refractivity (Wildman–Crippen MR) is 120 cm³/mol. The summed E-state index contributed by atoms with van der Waals surface area (Å²) < 4.78 is 46.0. The molecule has 6 nitrogen and oxygen atoms in total. The lowest BCUT2D eigenvalue weighted by atomic mass is 9.99. The van der Waals surface area contributed by atoms with Crippen LogP contribution in [0, 0.1) is 5.82 Å². The minimum Gasteiger partial charge on any atom is -0.494 e. The molecule has 3 aromatic rings. The molecule has 0 bridgehead atoms. The minimum absolute atomic E-state index is 0.0440. The van der Waals surface area contributed by atoms with Gasteiger partial charge in [0.1, 0.15) is 11.6 Å². The first kappa shape index (κ1) is 21.8. The van der Waals surface area contributed by atoms with Gasteiger partial charge in [0.15, 0.2) is 0 Å². The van der Waals surface area contributed by atoms with Crippen LogP contribution < -0.4 is 9.46 Å². The normalized spacial score (nSPS) is 13.4. The highest BCUT2D eigenvalue weighted by atomic mass is 32.2. The standard InChI is InChI=1S/C24H23FN2O4S/c1-2-31-22-10-5-17-13-14-27(16-19(17)15-22)24(28)18-3-8-21(9-4-18)26-32(29,30)23-11-6-20(25)7-12-23/h3-12,15,26H,2,13-14,16H2,1H3. The highest BCUT2D eigenvalue weighted by molar-refractivity contribution is 7.92. The summed E-state index contributed by atoms with van der Waals surface area (Å²) in [6, 6.07) is 16.8. The molecule has 0 aromatic heterocycles. The van der Waals surface area contributed by atoms with Gasteiger partial charge in [-0.15, -0.1) is 0 Å². The first-order chi connectivity index (χ1) is 15.4. The Morgan fingerprint density at radius 2 is 1.75 bits per heavy atom. The maximum atomic E-state index is 13.1. The average Bonchev–Trinajstić information content (AvgIpc) is 2.79. The molecule has 0 unspecified atom stereocenters. The number of ether oxygens (including phenoxy) is 1. The first-order valence-electron chi connectivity index (χ1n) is 10.3. The van der Waals surface area contributed by atoms with E-state index < -0.39 is 15.8 Å². The van der Waals surface area contributed by atoms with Crippen molar-refractivity contribution < 1.29 is 22.3 Å². The monoisotopic (exact) mass is 454 g/mol. The van der Waals surface area contributed by atoms with Crippen molar-refractivity contribution in [1.82, 2.24) is 4.90 Å². The Morgan fingerprint density at radius 3 is 2.44 bits per heavy atom. The highest BCUT2D eigenvalue weighted by Gasteiger charge is 2.22. The number of amides is 1. The van der Waals surface area contributed by atoms with Crippen molar-refractivity contribution in [3.05, 3.63) is 89.2 Å². The van der Waals surface area contributed by atoms with Crippen LogP contribution in [0.25, 0.3) is 0 Å². The number of halogens is 1. The molecule has 1 aliphatic heterocycles. The van der Waals surface area contributed by atoms with Crippen LogP contribution >= 0.6 is 0 Å². The molecule has 0 saturated carbocycles. The Kier molecular flexibility index (Phi) is 6.14. The summed E-state index contributed by atoms with van der Waals surface area (Å²) in [4.78, 5) is 14.7. The van der Waals surface area contributed by atoms with Crippen molar-refractivity contribution >= 4 is 21.6 Å². The van der Waals surface area contributed by atoms with Crippen LogP contribution in [0.1, 0.15) is 28.4 Å². The Labute approximate surface area is 186 Å². The quantitative estimate of drug-likeness (QED) is 0.605. The molecule has 0 aliphatic carbocycles. The Balaban J connectivity index is 1.45. The van der Waals surface area contributed by atoms with Crippen LogP contribution in [-0.2, 0) is 23.0 Å². The first-order valence-corrected chi connectivity index (χ1v) is 11.8. The second kappa shape index (κ2) is 9.00. The van der Waals surface area contributed by atoms with Crippen molar-refractivity contribution in [2.24, 2.45) is 0 Å². The van der Waals surface area contributed by atoms with E-state index >= 15 is 0 Å². The van der Waals surface area contributed by atoms with Gasteiger partial charge >= 0.3 is 0 Å². The summed E-state index contributed by atoms with van der Waals surface area (Å²) in [6.45, 7) is 3.62. The Hall–Kier alpha value is -3.39. The number of carbonyl (C=O) groups excluding carboxylic acids is 1. The van der Waals surface area contributed by atoms with Crippen LogP contribution in [0.4, 0.5) is 10.1 Å². The third-order valence-electron chi connectivity index (χ3n) is 5.30. The fraction of sp³-hybridized carbons (Fsp3) is 0.208. The fourth-order valence-electron chi connectivity index (χ4n) is 3.65. The zero-order valence-corrected chi connectivity index (χ0v) is 18.4. The molecule has 8 heteroatoms. The molecule has 0 saturated heterocycles. The van der Waals surface area contributed by atoms with Gasteiger partial charge in [-0.3, -0.25) is 9.52 Å². The molecular weight excluding hydrogens is 431 g/mol. The molecule has 1 amide bonds. The van der Waals surface area contributed by atoms with Crippen molar-refractivity contribution in [1.29, 1.82) is 0 Å². The van der Waals surface area contributed by atoms with E-state index in [9.17, 15) is 17.6 Å². The number of carbonyl (C=O) groups is 1. The van der Waals surface area contributed by atoms with Gasteiger partial charge in [0.25, 0.3) is 15.9 Å². The van der Waals surface area contributed by atoms with Gasteiger partial charge in [0, 0.05) is 24.3 Å². The van der Waals surface area contributed by atoms with E-state index in [4.69, 9.17) is 4.74 Å². The number of sulfonamides is 1. The number of fused-ring (bicyclic) bond motifs is 1. The van der Waals surface area contributed by atoms with Crippen LogP contribution in [0.2, 0.25) is 0 Å². The van der Waals surface area contributed by atoms with E-state index in [2.05, 4.69) is 4.72 Å². The molecule has 4 rings (SSSR count). The SMILES string of the molecule is CCOc1ccc2c(c1)CN(C(=O)c1ccc(NS(=O)(=O)c3ccc(F)cc3)cc1)CC2. The summed E-state index contributed by atoms with van der Waals surface area (Å²) in [5.74, 6) is 0.157. The lowest BCUT2D eigenvalue weighted by Gasteiger charge is -2.29. The van der Waals surface area contributed by atoms with E-state index in [0.717, 1.165) is 29.9 Å². The largest absolute Gasteiger partial charge is 0.494 e. The topological polar surface area (TPSA) is 75.7 Å². The van der Waals surface area contributed by atoms with E-state index in [-0.39, 0.29) is 10.8 Å². The van der Waals surface area contributed by atoms with Crippen molar-refractivity contribution in [3.63, 3.8) is 0 Å². The van der Waals surface area contributed by atoms with Crippen LogP contribution in [-0.4, -0.2) is 32.4 Å². The van der Waals surface area contributed by atoms with Gasteiger partial charge < -0.3 is 9.64 Å². The van der Waals surface area contributed by atoms with Crippen LogP contribution in [0.3, 0.4) is 0 Å². The molecular formula is C24H23FN2O4S. The summed E-state index contributed by atoms with van der Waals surface area (Å²) in [6.07, 6.45) is 0.767. The smallest absolute Gasteiger partial charge is 0.261 e. The van der Waals surface area contributed by atoms with Gasteiger partial charge in [-0.1, -0.05) is 6.07 Å². The van der Waals surface area contributed by atoms with Crippen LogP contribution in [0.15, 0.2) is 71.6 Å². The molecule has 3 aromatic carbocycles. The molecule has 0 spiro atoms. The Morgan fingerprint density at radius 1 is 1.03 bits per heavy atom. The van der Waals surface area contributed by atoms with E-state index in [1.807, 2.05) is 25.1 Å². The molecule has 32 heavy (non-hydrogen) atoms. The Bertz CT molecular complexity index is 1230. The van der Waals surface area contributed by atoms with Gasteiger partial charge in [-0.05, 0) is 85.1 Å². The fourth-order valence-corrected chi connectivity index (χ4v) is 4.71. The zero-order chi connectivity index (χ0) is 22.7. The summed E-state index contributed by atoms with van der Waals surface area (Å²) in [7, 11) is -3.85. The molecule has 166 valence electrons. The average molecular weight is 455 g/mol. The second-order valence-electron chi connectivity index (χ2n) is 7.48. The third-order valence-corrected chi connectivity index (χ3v) is 6.69. The van der Waals surface area contributed by atoms with Crippen molar-refractivity contribution in [2.75, 3.05) is 17.9 Å². The number of rotatable bonds is 6. The summed E-state index contributed by atoms with van der Waals surface area (Å²) in [5, 5.41) is 0. The molecule has 0 radical (unpaired) electrons. The third kappa shape index (κ3) is 4.75. The zero-order valence-electron chi connectivity index (χ0n) is 17.5.